The Morgan fingerprint density at radius 3 is 2.65 bits per heavy atom. The van der Waals surface area contributed by atoms with Gasteiger partial charge in [0.2, 0.25) is 0 Å². The molecule has 0 heterocycles. The minimum atomic E-state index is 0.257. The van der Waals surface area contributed by atoms with Gasteiger partial charge in [-0.1, -0.05) is 6.07 Å². The average molecular weight is 236 g/mol. The van der Waals surface area contributed by atoms with Crippen molar-refractivity contribution in [3.63, 3.8) is 0 Å². The van der Waals surface area contributed by atoms with Crippen molar-refractivity contribution in [2.24, 2.45) is 0 Å². The largest absolute Gasteiger partial charge is 0.396 e. The van der Waals surface area contributed by atoms with E-state index < -0.39 is 0 Å². The molecule has 0 saturated heterocycles. The van der Waals surface area contributed by atoms with Gasteiger partial charge in [0.05, 0.1) is 0 Å². The molecule has 0 saturated carbocycles. The second-order valence-corrected chi connectivity index (χ2v) is 4.30. The van der Waals surface area contributed by atoms with Crippen molar-refractivity contribution < 1.29 is 5.11 Å². The third-order valence-corrected chi connectivity index (χ3v) is 3.03. The summed E-state index contributed by atoms with van der Waals surface area (Å²) in [6, 6.07) is 6.58. The fourth-order valence-corrected chi connectivity index (χ4v) is 2.00. The number of hydrogen-bond donors (Lipinski definition) is 2. The summed E-state index contributed by atoms with van der Waals surface area (Å²) in [6.45, 7) is 7.36. The molecule has 0 bridgehead atoms. The van der Waals surface area contributed by atoms with Crippen LogP contribution in [0.3, 0.4) is 0 Å². The number of nitrogens with one attached hydrogen (secondary N) is 1. The van der Waals surface area contributed by atoms with Crippen LogP contribution in [-0.4, -0.2) is 31.9 Å². The lowest BCUT2D eigenvalue weighted by atomic mass is 10.1. The van der Waals surface area contributed by atoms with Crippen LogP contribution in [0.2, 0.25) is 0 Å². The van der Waals surface area contributed by atoms with Crippen LogP contribution < -0.4 is 10.2 Å². The maximum absolute atomic E-state index is 8.89. The van der Waals surface area contributed by atoms with Gasteiger partial charge in [-0.3, -0.25) is 0 Å². The standard InChI is InChI=1S/C14H24N2O/c1-4-16(8-5-9-17)14-7-6-13(11-15-3)12(2)10-14/h6-7,10,15,17H,4-5,8-9,11H2,1-3H3. The molecule has 0 unspecified atom stereocenters. The van der Waals surface area contributed by atoms with Gasteiger partial charge in [-0.2, -0.15) is 0 Å². The van der Waals surface area contributed by atoms with Gasteiger partial charge < -0.3 is 15.3 Å². The lowest BCUT2D eigenvalue weighted by Gasteiger charge is -2.23. The minimum absolute atomic E-state index is 0.257. The van der Waals surface area contributed by atoms with Crippen LogP contribution in [0.5, 0.6) is 0 Å². The number of hydrogen-bond acceptors (Lipinski definition) is 3. The van der Waals surface area contributed by atoms with Crippen molar-refractivity contribution in [2.75, 3.05) is 31.6 Å². The summed E-state index contributed by atoms with van der Waals surface area (Å²) in [4.78, 5) is 2.30. The zero-order valence-electron chi connectivity index (χ0n) is 11.2. The first-order valence-electron chi connectivity index (χ1n) is 6.32. The van der Waals surface area contributed by atoms with Crippen molar-refractivity contribution in [3.05, 3.63) is 29.3 Å². The van der Waals surface area contributed by atoms with E-state index in [2.05, 4.69) is 42.3 Å². The Hall–Kier alpha value is -1.06. The predicted molar refractivity (Wildman–Crippen MR) is 73.5 cm³/mol. The summed E-state index contributed by atoms with van der Waals surface area (Å²) in [6.07, 6.45) is 0.825. The Bertz CT molecular complexity index is 339. The van der Waals surface area contributed by atoms with E-state index in [9.17, 15) is 0 Å². The molecular weight excluding hydrogens is 212 g/mol. The first-order valence-corrected chi connectivity index (χ1v) is 6.32. The molecule has 0 fully saturated rings. The third-order valence-electron chi connectivity index (χ3n) is 3.03. The molecule has 3 heteroatoms. The zero-order valence-corrected chi connectivity index (χ0v) is 11.2. The number of nitrogens with zero attached hydrogens (tertiary/aromatic N) is 1. The van der Waals surface area contributed by atoms with E-state index >= 15 is 0 Å². The molecule has 2 N–H and O–H groups in total. The van der Waals surface area contributed by atoms with Gasteiger partial charge in [0.25, 0.3) is 0 Å². The van der Waals surface area contributed by atoms with Crippen LogP contribution in [0.1, 0.15) is 24.5 Å². The summed E-state index contributed by atoms with van der Waals surface area (Å²) in [5.74, 6) is 0. The highest BCUT2D eigenvalue weighted by Gasteiger charge is 2.05. The summed E-state index contributed by atoms with van der Waals surface area (Å²) < 4.78 is 0. The lowest BCUT2D eigenvalue weighted by molar-refractivity contribution is 0.289. The number of aryl methyl sites for hydroxylation is 1. The van der Waals surface area contributed by atoms with Crippen LogP contribution in [0, 0.1) is 6.92 Å². The monoisotopic (exact) mass is 236 g/mol. The van der Waals surface area contributed by atoms with Gasteiger partial charge in [-0.05, 0) is 50.6 Å². The van der Waals surface area contributed by atoms with E-state index in [1.54, 1.807) is 0 Å². The molecule has 0 amide bonds. The highest BCUT2D eigenvalue weighted by atomic mass is 16.3. The number of anilines is 1. The van der Waals surface area contributed by atoms with Gasteiger partial charge in [-0.25, -0.2) is 0 Å². The van der Waals surface area contributed by atoms with E-state index in [1.807, 2.05) is 7.05 Å². The fourth-order valence-electron chi connectivity index (χ4n) is 2.00. The Morgan fingerprint density at radius 1 is 1.35 bits per heavy atom. The molecule has 1 aromatic rings. The van der Waals surface area contributed by atoms with Gasteiger partial charge in [0.15, 0.2) is 0 Å². The van der Waals surface area contributed by atoms with Crippen molar-refractivity contribution in [1.82, 2.24) is 5.32 Å². The number of rotatable bonds is 7. The molecule has 0 aliphatic rings. The van der Waals surface area contributed by atoms with Crippen LogP contribution >= 0.6 is 0 Å². The molecule has 1 rings (SSSR count). The first kappa shape index (κ1) is 14.0. The van der Waals surface area contributed by atoms with E-state index in [1.165, 1.54) is 16.8 Å². The number of benzene rings is 1. The molecule has 3 nitrogen and oxygen atoms in total. The molecule has 0 aliphatic heterocycles. The molecule has 0 radical (unpaired) electrons. The van der Waals surface area contributed by atoms with E-state index in [0.717, 1.165) is 26.1 Å². The molecule has 1 aromatic carbocycles. The van der Waals surface area contributed by atoms with Crippen molar-refractivity contribution in [3.8, 4) is 0 Å². The van der Waals surface area contributed by atoms with Crippen LogP contribution in [0.15, 0.2) is 18.2 Å². The third kappa shape index (κ3) is 4.02. The average Bonchev–Trinajstić information content (AvgIpc) is 2.33. The maximum Gasteiger partial charge on any atom is 0.0447 e. The summed E-state index contributed by atoms with van der Waals surface area (Å²) >= 11 is 0. The smallest absolute Gasteiger partial charge is 0.0447 e. The van der Waals surface area contributed by atoms with Crippen LogP contribution in [0.25, 0.3) is 0 Å². The van der Waals surface area contributed by atoms with Gasteiger partial charge in [0, 0.05) is 31.9 Å². The zero-order chi connectivity index (χ0) is 12.7. The summed E-state index contributed by atoms with van der Waals surface area (Å²) in [5, 5.41) is 12.1. The predicted octanol–water partition coefficient (Wildman–Crippen LogP) is 1.92. The Balaban J connectivity index is 2.79. The SMILES string of the molecule is CCN(CCCO)c1ccc(CNC)c(C)c1. The normalized spacial score (nSPS) is 10.6. The maximum atomic E-state index is 8.89. The molecule has 0 aliphatic carbocycles. The first-order chi connectivity index (χ1) is 8.22. The van der Waals surface area contributed by atoms with Gasteiger partial charge >= 0.3 is 0 Å². The number of aliphatic hydroxyl groups is 1. The second kappa shape index (κ2) is 7.30. The molecule has 0 atom stereocenters. The molecule has 0 aromatic heterocycles. The Labute approximate surface area is 104 Å². The Morgan fingerprint density at radius 2 is 2.12 bits per heavy atom. The van der Waals surface area contributed by atoms with Gasteiger partial charge in [0.1, 0.15) is 0 Å². The summed E-state index contributed by atoms with van der Waals surface area (Å²) in [7, 11) is 1.97. The Kier molecular flexibility index (Phi) is 6.01. The van der Waals surface area contributed by atoms with Crippen molar-refractivity contribution in [1.29, 1.82) is 0 Å². The number of aliphatic hydroxyl groups excluding tert-OH is 1. The lowest BCUT2D eigenvalue weighted by Crippen LogP contribution is -2.24. The van der Waals surface area contributed by atoms with Crippen molar-refractivity contribution in [2.45, 2.75) is 26.8 Å². The molecule has 17 heavy (non-hydrogen) atoms. The summed E-state index contributed by atoms with van der Waals surface area (Å²) in [5.41, 5.74) is 3.91. The highest BCUT2D eigenvalue weighted by Crippen LogP contribution is 2.19. The van der Waals surface area contributed by atoms with E-state index in [-0.39, 0.29) is 6.61 Å². The van der Waals surface area contributed by atoms with E-state index in [0.29, 0.717) is 0 Å². The molecule has 96 valence electrons. The topological polar surface area (TPSA) is 35.5 Å². The minimum Gasteiger partial charge on any atom is -0.396 e. The van der Waals surface area contributed by atoms with Crippen LogP contribution in [0.4, 0.5) is 5.69 Å². The van der Waals surface area contributed by atoms with Crippen molar-refractivity contribution >= 4 is 5.69 Å². The van der Waals surface area contributed by atoms with Crippen LogP contribution in [-0.2, 0) is 6.54 Å². The molecule has 0 spiro atoms. The fraction of sp³-hybridized carbons (Fsp3) is 0.571. The molecular formula is C14H24N2O. The highest BCUT2D eigenvalue weighted by molar-refractivity contribution is 5.50. The van der Waals surface area contributed by atoms with Gasteiger partial charge in [-0.15, -0.1) is 0 Å². The quantitative estimate of drug-likeness (QED) is 0.759. The van der Waals surface area contributed by atoms with E-state index in [4.69, 9.17) is 5.11 Å². The second-order valence-electron chi connectivity index (χ2n) is 4.30.